The molecule has 2 amide bonds. The zero-order valence-electron chi connectivity index (χ0n) is 15.1. The summed E-state index contributed by atoms with van der Waals surface area (Å²) in [6.45, 7) is 11.5. The van der Waals surface area contributed by atoms with Gasteiger partial charge in [0, 0.05) is 6.42 Å². The topological polar surface area (TPSA) is 80.3 Å². The summed E-state index contributed by atoms with van der Waals surface area (Å²) >= 11 is 0. The molecule has 1 saturated heterocycles. The Kier molecular flexibility index (Phi) is 5.44. The van der Waals surface area contributed by atoms with E-state index in [0.29, 0.717) is 19.4 Å². The van der Waals surface area contributed by atoms with Gasteiger partial charge in [-0.2, -0.15) is 0 Å². The van der Waals surface area contributed by atoms with Crippen LogP contribution in [-0.2, 0) is 20.6 Å². The number of hydrogen-bond acceptors (Lipinski definition) is 5. The van der Waals surface area contributed by atoms with Gasteiger partial charge in [0.1, 0.15) is 6.04 Å². The first-order valence-corrected chi connectivity index (χ1v) is 11.2. The van der Waals surface area contributed by atoms with Crippen LogP contribution in [0.5, 0.6) is 0 Å². The Labute approximate surface area is 144 Å². The fourth-order valence-electron chi connectivity index (χ4n) is 2.10. The molecule has 7 heteroatoms. The summed E-state index contributed by atoms with van der Waals surface area (Å²) in [6, 6.07) is 3.40. The number of carbonyl (C=O) groups excluding carboxylic acids is 2. The zero-order chi connectivity index (χ0) is 18.0. The standard InChI is InChI=1S/C17H27N3O3Si/c1-17(2,3)24(4,5)23-11-13-7-6-12(10-18-13)19-14-8-9-15(21)20-16(14)22/h6-7,10,14,19H,8-9,11H2,1-5H3,(H,20,21,22). The lowest BCUT2D eigenvalue weighted by Crippen LogP contribution is -2.47. The number of nitrogens with zero attached hydrogens (tertiary/aromatic N) is 1. The smallest absolute Gasteiger partial charge is 0.249 e. The van der Waals surface area contributed by atoms with Crippen LogP contribution in [-0.4, -0.2) is 31.2 Å². The highest BCUT2D eigenvalue weighted by molar-refractivity contribution is 6.74. The van der Waals surface area contributed by atoms with E-state index in [2.05, 4.69) is 49.5 Å². The van der Waals surface area contributed by atoms with E-state index in [-0.39, 0.29) is 22.9 Å². The first kappa shape index (κ1) is 18.6. The van der Waals surface area contributed by atoms with Crippen molar-refractivity contribution in [2.75, 3.05) is 5.32 Å². The fraction of sp³-hybridized carbons (Fsp3) is 0.588. The van der Waals surface area contributed by atoms with Gasteiger partial charge in [-0.3, -0.25) is 19.9 Å². The van der Waals surface area contributed by atoms with Crippen molar-refractivity contribution in [3.8, 4) is 0 Å². The predicted octanol–water partition coefficient (Wildman–Crippen LogP) is 2.82. The van der Waals surface area contributed by atoms with Gasteiger partial charge >= 0.3 is 0 Å². The van der Waals surface area contributed by atoms with Gasteiger partial charge in [0.2, 0.25) is 11.8 Å². The third-order valence-corrected chi connectivity index (χ3v) is 9.27. The molecule has 2 rings (SSSR count). The van der Waals surface area contributed by atoms with Crippen LogP contribution in [0, 0.1) is 0 Å². The molecule has 1 unspecified atom stereocenters. The van der Waals surface area contributed by atoms with Crippen LogP contribution in [0.3, 0.4) is 0 Å². The van der Waals surface area contributed by atoms with E-state index < -0.39 is 8.32 Å². The van der Waals surface area contributed by atoms with Gasteiger partial charge in [-0.1, -0.05) is 20.8 Å². The molecule has 0 spiro atoms. The number of piperidine rings is 1. The molecule has 0 aliphatic carbocycles. The number of pyridine rings is 1. The third kappa shape index (κ3) is 4.64. The molecule has 1 aliphatic heterocycles. The molecule has 0 aromatic carbocycles. The van der Waals surface area contributed by atoms with Crippen LogP contribution in [0.4, 0.5) is 5.69 Å². The van der Waals surface area contributed by atoms with Crippen LogP contribution >= 0.6 is 0 Å². The zero-order valence-corrected chi connectivity index (χ0v) is 16.1. The van der Waals surface area contributed by atoms with Gasteiger partial charge in [0.25, 0.3) is 0 Å². The molecule has 1 aromatic heterocycles. The Morgan fingerprint density at radius 2 is 2.04 bits per heavy atom. The predicted molar refractivity (Wildman–Crippen MR) is 96.0 cm³/mol. The van der Waals surface area contributed by atoms with Crippen molar-refractivity contribution in [3.63, 3.8) is 0 Å². The number of rotatable bonds is 5. The van der Waals surface area contributed by atoms with Crippen LogP contribution in [0.15, 0.2) is 18.3 Å². The molecule has 0 radical (unpaired) electrons. The first-order valence-electron chi connectivity index (χ1n) is 8.27. The summed E-state index contributed by atoms with van der Waals surface area (Å²) in [5.74, 6) is -0.495. The average Bonchev–Trinajstić information content (AvgIpc) is 2.48. The Hall–Kier alpha value is -1.73. The molecule has 1 atom stereocenters. The van der Waals surface area contributed by atoms with Crippen LogP contribution < -0.4 is 10.6 Å². The number of anilines is 1. The second kappa shape index (κ2) is 7.02. The van der Waals surface area contributed by atoms with E-state index in [1.165, 1.54) is 0 Å². The molecular formula is C17H27N3O3Si. The quantitative estimate of drug-likeness (QED) is 0.631. The lowest BCUT2D eigenvalue weighted by molar-refractivity contribution is -0.133. The lowest BCUT2D eigenvalue weighted by Gasteiger charge is -2.36. The number of amides is 2. The lowest BCUT2D eigenvalue weighted by atomic mass is 10.1. The minimum absolute atomic E-state index is 0.167. The van der Waals surface area contributed by atoms with Gasteiger partial charge in [-0.05, 0) is 36.7 Å². The molecular weight excluding hydrogens is 322 g/mol. The molecule has 0 saturated carbocycles. The molecule has 0 bridgehead atoms. The number of hydrogen-bond donors (Lipinski definition) is 2. The normalized spacial score (nSPS) is 19.1. The van der Waals surface area contributed by atoms with Crippen molar-refractivity contribution in [1.82, 2.24) is 10.3 Å². The highest BCUT2D eigenvalue weighted by Gasteiger charge is 2.37. The maximum Gasteiger partial charge on any atom is 0.249 e. The monoisotopic (exact) mass is 349 g/mol. The number of imide groups is 1. The maximum atomic E-state index is 11.8. The van der Waals surface area contributed by atoms with E-state index in [4.69, 9.17) is 4.43 Å². The summed E-state index contributed by atoms with van der Waals surface area (Å²) < 4.78 is 6.15. The molecule has 1 aliphatic rings. The van der Waals surface area contributed by atoms with Gasteiger partial charge < -0.3 is 9.74 Å². The summed E-state index contributed by atoms with van der Waals surface area (Å²) in [4.78, 5) is 27.3. The second-order valence-corrected chi connectivity index (χ2v) is 12.5. The van der Waals surface area contributed by atoms with Crippen LogP contribution in [0.1, 0.15) is 39.3 Å². The van der Waals surface area contributed by atoms with E-state index in [9.17, 15) is 9.59 Å². The summed E-state index contributed by atoms with van der Waals surface area (Å²) in [5, 5.41) is 5.62. The van der Waals surface area contributed by atoms with E-state index >= 15 is 0 Å². The summed E-state index contributed by atoms with van der Waals surface area (Å²) in [7, 11) is -1.79. The first-order chi connectivity index (χ1) is 11.1. The van der Waals surface area contributed by atoms with Crippen LogP contribution in [0.25, 0.3) is 0 Å². The largest absolute Gasteiger partial charge is 0.411 e. The Morgan fingerprint density at radius 3 is 2.58 bits per heavy atom. The van der Waals surface area contributed by atoms with Crippen molar-refractivity contribution in [2.45, 2.75) is 64.4 Å². The van der Waals surface area contributed by atoms with Crippen molar-refractivity contribution in [1.29, 1.82) is 0 Å². The van der Waals surface area contributed by atoms with Gasteiger partial charge in [-0.25, -0.2) is 0 Å². The molecule has 1 aromatic rings. The molecule has 1 fully saturated rings. The van der Waals surface area contributed by atoms with Crippen molar-refractivity contribution in [3.05, 3.63) is 24.0 Å². The molecule has 6 nitrogen and oxygen atoms in total. The van der Waals surface area contributed by atoms with Crippen molar-refractivity contribution >= 4 is 25.8 Å². The van der Waals surface area contributed by atoms with Crippen molar-refractivity contribution < 1.29 is 14.0 Å². The van der Waals surface area contributed by atoms with Gasteiger partial charge in [0.15, 0.2) is 8.32 Å². The average molecular weight is 350 g/mol. The number of aromatic nitrogens is 1. The maximum absolute atomic E-state index is 11.8. The fourth-order valence-corrected chi connectivity index (χ4v) is 3.04. The summed E-state index contributed by atoms with van der Waals surface area (Å²) in [6.07, 6.45) is 2.56. The SMILES string of the molecule is CC(C)(C)[Si](C)(C)OCc1ccc(NC2CCC(=O)NC2=O)cn1. The van der Waals surface area contributed by atoms with E-state index in [1.807, 2.05) is 12.1 Å². The van der Waals surface area contributed by atoms with E-state index in [1.54, 1.807) is 6.20 Å². The minimum atomic E-state index is -1.79. The molecule has 2 N–H and O–H groups in total. The second-order valence-electron chi connectivity index (χ2n) is 7.74. The van der Waals surface area contributed by atoms with Crippen molar-refractivity contribution in [2.24, 2.45) is 0 Å². The van der Waals surface area contributed by atoms with Gasteiger partial charge in [-0.15, -0.1) is 0 Å². The molecule has 132 valence electrons. The van der Waals surface area contributed by atoms with E-state index in [0.717, 1.165) is 11.4 Å². The Bertz CT molecular complexity index is 609. The molecule has 24 heavy (non-hydrogen) atoms. The number of nitrogens with one attached hydrogen (secondary N) is 2. The summed E-state index contributed by atoms with van der Waals surface area (Å²) in [5.41, 5.74) is 1.63. The minimum Gasteiger partial charge on any atom is -0.411 e. The Balaban J connectivity index is 1.91. The van der Waals surface area contributed by atoms with Gasteiger partial charge in [0.05, 0.1) is 24.2 Å². The third-order valence-electron chi connectivity index (χ3n) is 4.79. The molecule has 2 heterocycles. The highest BCUT2D eigenvalue weighted by Crippen LogP contribution is 2.36. The number of carbonyl (C=O) groups is 2. The van der Waals surface area contributed by atoms with Crippen LogP contribution in [0.2, 0.25) is 18.1 Å². The Morgan fingerprint density at radius 1 is 1.33 bits per heavy atom. The highest BCUT2D eigenvalue weighted by atomic mass is 28.4.